The standard InChI is InChI=1S/C17H36N2/c1-3-4-5-6-7-8-9-10-11-12-14-19-15-13-18-17(2)16-19/h17-18H,3-16H2,1-2H3/t17-/m0/s1. The Kier molecular flexibility index (Phi) is 10.5. The number of rotatable bonds is 11. The number of unbranched alkanes of at least 4 members (excludes halogenated alkanes) is 9. The predicted octanol–water partition coefficient (Wildman–Crippen LogP) is 4.20. The molecule has 1 aliphatic heterocycles. The molecule has 1 N–H and O–H groups in total. The molecule has 2 nitrogen and oxygen atoms in total. The van der Waals surface area contributed by atoms with Crippen molar-refractivity contribution in [2.75, 3.05) is 26.2 Å². The van der Waals surface area contributed by atoms with E-state index in [0.29, 0.717) is 6.04 Å². The highest BCUT2D eigenvalue weighted by Crippen LogP contribution is 2.11. The summed E-state index contributed by atoms with van der Waals surface area (Å²) in [5.41, 5.74) is 0. The molecular formula is C17H36N2. The van der Waals surface area contributed by atoms with Crippen molar-refractivity contribution < 1.29 is 0 Å². The highest BCUT2D eigenvalue weighted by atomic mass is 15.2. The van der Waals surface area contributed by atoms with Gasteiger partial charge >= 0.3 is 0 Å². The Morgan fingerprint density at radius 2 is 1.47 bits per heavy atom. The number of hydrogen-bond donors (Lipinski definition) is 1. The Bertz CT molecular complexity index is 194. The lowest BCUT2D eigenvalue weighted by molar-refractivity contribution is 0.203. The van der Waals surface area contributed by atoms with E-state index in [1.54, 1.807) is 0 Å². The molecule has 0 aromatic heterocycles. The van der Waals surface area contributed by atoms with E-state index in [1.165, 1.54) is 90.4 Å². The molecule has 1 rings (SSSR count). The molecular weight excluding hydrogens is 232 g/mol. The number of nitrogens with one attached hydrogen (secondary N) is 1. The van der Waals surface area contributed by atoms with Gasteiger partial charge in [-0.3, -0.25) is 0 Å². The first-order valence-corrected chi connectivity index (χ1v) is 8.78. The molecule has 19 heavy (non-hydrogen) atoms. The molecule has 0 unspecified atom stereocenters. The minimum absolute atomic E-state index is 0.692. The van der Waals surface area contributed by atoms with E-state index < -0.39 is 0 Å². The second-order valence-corrected chi connectivity index (χ2v) is 6.34. The summed E-state index contributed by atoms with van der Waals surface area (Å²) in [6.07, 6.45) is 14.4. The first-order chi connectivity index (χ1) is 9.33. The van der Waals surface area contributed by atoms with Gasteiger partial charge in [0.05, 0.1) is 0 Å². The zero-order chi connectivity index (χ0) is 13.8. The molecule has 2 heteroatoms. The van der Waals surface area contributed by atoms with Crippen LogP contribution in [0, 0.1) is 0 Å². The number of hydrogen-bond acceptors (Lipinski definition) is 2. The van der Waals surface area contributed by atoms with Crippen LogP contribution in [0.1, 0.15) is 78.1 Å². The van der Waals surface area contributed by atoms with Gasteiger partial charge < -0.3 is 10.2 Å². The van der Waals surface area contributed by atoms with Gasteiger partial charge in [0.2, 0.25) is 0 Å². The average Bonchev–Trinajstić information content (AvgIpc) is 2.41. The van der Waals surface area contributed by atoms with Crippen LogP contribution >= 0.6 is 0 Å². The topological polar surface area (TPSA) is 15.3 Å². The molecule has 0 aromatic carbocycles. The third-order valence-electron chi connectivity index (χ3n) is 4.28. The summed E-state index contributed by atoms with van der Waals surface area (Å²) in [6.45, 7) is 9.59. The average molecular weight is 268 g/mol. The molecule has 1 atom stereocenters. The molecule has 0 radical (unpaired) electrons. The van der Waals surface area contributed by atoms with Gasteiger partial charge in [-0.15, -0.1) is 0 Å². The van der Waals surface area contributed by atoms with Gasteiger partial charge in [-0.05, 0) is 19.9 Å². The monoisotopic (exact) mass is 268 g/mol. The second-order valence-electron chi connectivity index (χ2n) is 6.34. The van der Waals surface area contributed by atoms with Crippen LogP contribution in [0.15, 0.2) is 0 Å². The zero-order valence-electron chi connectivity index (χ0n) is 13.4. The van der Waals surface area contributed by atoms with Crippen molar-refractivity contribution in [2.24, 2.45) is 0 Å². The minimum atomic E-state index is 0.692. The van der Waals surface area contributed by atoms with E-state index in [0.717, 1.165) is 0 Å². The van der Waals surface area contributed by atoms with E-state index in [1.807, 2.05) is 0 Å². The first-order valence-electron chi connectivity index (χ1n) is 8.78. The molecule has 0 aromatic rings. The summed E-state index contributed by atoms with van der Waals surface area (Å²) < 4.78 is 0. The maximum atomic E-state index is 3.51. The third-order valence-corrected chi connectivity index (χ3v) is 4.28. The van der Waals surface area contributed by atoms with Crippen LogP contribution in [0.4, 0.5) is 0 Å². The van der Waals surface area contributed by atoms with Gasteiger partial charge in [0, 0.05) is 25.7 Å². The van der Waals surface area contributed by atoms with Crippen molar-refractivity contribution in [3.63, 3.8) is 0 Å². The number of piperazine rings is 1. The van der Waals surface area contributed by atoms with Crippen molar-refractivity contribution >= 4 is 0 Å². The van der Waals surface area contributed by atoms with Gasteiger partial charge in [-0.2, -0.15) is 0 Å². The van der Waals surface area contributed by atoms with E-state index >= 15 is 0 Å². The zero-order valence-corrected chi connectivity index (χ0v) is 13.4. The van der Waals surface area contributed by atoms with Crippen LogP contribution in [0.25, 0.3) is 0 Å². The molecule has 0 bridgehead atoms. The molecule has 0 amide bonds. The quantitative estimate of drug-likeness (QED) is 0.565. The van der Waals surface area contributed by atoms with Crippen LogP contribution in [0.2, 0.25) is 0 Å². The maximum absolute atomic E-state index is 3.51. The summed E-state index contributed by atoms with van der Waals surface area (Å²) in [6, 6.07) is 0.692. The molecule has 0 saturated carbocycles. The molecule has 1 saturated heterocycles. The van der Waals surface area contributed by atoms with E-state index in [-0.39, 0.29) is 0 Å². The molecule has 0 aliphatic carbocycles. The fourth-order valence-electron chi connectivity index (χ4n) is 3.04. The summed E-state index contributed by atoms with van der Waals surface area (Å²) in [4.78, 5) is 2.63. The fraction of sp³-hybridized carbons (Fsp3) is 1.00. The lowest BCUT2D eigenvalue weighted by Crippen LogP contribution is -2.49. The summed E-state index contributed by atoms with van der Waals surface area (Å²) in [5, 5.41) is 3.51. The largest absolute Gasteiger partial charge is 0.312 e. The Labute approximate surface area is 121 Å². The van der Waals surface area contributed by atoms with Crippen molar-refractivity contribution in [1.29, 1.82) is 0 Å². The van der Waals surface area contributed by atoms with Gasteiger partial charge in [-0.25, -0.2) is 0 Å². The molecule has 1 aliphatic rings. The van der Waals surface area contributed by atoms with Crippen molar-refractivity contribution in [2.45, 2.75) is 84.1 Å². The van der Waals surface area contributed by atoms with Gasteiger partial charge in [-0.1, -0.05) is 64.7 Å². The normalized spacial score (nSPS) is 20.8. The van der Waals surface area contributed by atoms with E-state index in [4.69, 9.17) is 0 Å². The SMILES string of the molecule is CCCCCCCCCCCCN1CCN[C@@H](C)C1. The molecule has 0 spiro atoms. The third kappa shape index (κ3) is 9.45. The Hall–Kier alpha value is -0.0800. The highest BCUT2D eigenvalue weighted by molar-refractivity contribution is 4.74. The van der Waals surface area contributed by atoms with Crippen molar-refractivity contribution in [3.8, 4) is 0 Å². The molecule has 1 heterocycles. The van der Waals surface area contributed by atoms with E-state index in [2.05, 4.69) is 24.1 Å². The molecule has 114 valence electrons. The lowest BCUT2D eigenvalue weighted by Gasteiger charge is -2.31. The Balaban J connectivity index is 1.78. The van der Waals surface area contributed by atoms with Crippen LogP contribution in [-0.2, 0) is 0 Å². The van der Waals surface area contributed by atoms with Gasteiger partial charge in [0.25, 0.3) is 0 Å². The van der Waals surface area contributed by atoms with Crippen molar-refractivity contribution in [3.05, 3.63) is 0 Å². The lowest BCUT2D eigenvalue weighted by atomic mass is 10.1. The first kappa shape index (κ1) is 17.0. The van der Waals surface area contributed by atoms with Crippen LogP contribution in [0.5, 0.6) is 0 Å². The van der Waals surface area contributed by atoms with Crippen LogP contribution in [0.3, 0.4) is 0 Å². The van der Waals surface area contributed by atoms with Crippen LogP contribution in [-0.4, -0.2) is 37.1 Å². The Morgan fingerprint density at radius 1 is 0.895 bits per heavy atom. The minimum Gasteiger partial charge on any atom is -0.312 e. The summed E-state index contributed by atoms with van der Waals surface area (Å²) in [7, 11) is 0. The van der Waals surface area contributed by atoms with Gasteiger partial charge in [0.15, 0.2) is 0 Å². The van der Waals surface area contributed by atoms with Gasteiger partial charge in [0.1, 0.15) is 0 Å². The highest BCUT2D eigenvalue weighted by Gasteiger charge is 2.14. The molecule has 1 fully saturated rings. The second kappa shape index (κ2) is 11.7. The maximum Gasteiger partial charge on any atom is 0.0167 e. The predicted molar refractivity (Wildman–Crippen MR) is 85.7 cm³/mol. The van der Waals surface area contributed by atoms with Crippen molar-refractivity contribution in [1.82, 2.24) is 10.2 Å². The van der Waals surface area contributed by atoms with Crippen LogP contribution < -0.4 is 5.32 Å². The smallest absolute Gasteiger partial charge is 0.0167 e. The fourth-order valence-corrected chi connectivity index (χ4v) is 3.04. The van der Waals surface area contributed by atoms with E-state index in [9.17, 15) is 0 Å². The summed E-state index contributed by atoms with van der Waals surface area (Å²) >= 11 is 0. The Morgan fingerprint density at radius 3 is 2.05 bits per heavy atom. The summed E-state index contributed by atoms with van der Waals surface area (Å²) in [5.74, 6) is 0. The number of nitrogens with zero attached hydrogens (tertiary/aromatic N) is 1.